The molecule has 0 N–H and O–H groups in total. The number of ether oxygens (including phenoxy) is 1. The molecule has 0 aliphatic carbocycles. The molecule has 2 heterocycles. The van der Waals surface area contributed by atoms with E-state index in [4.69, 9.17) is 4.74 Å². The van der Waals surface area contributed by atoms with Gasteiger partial charge in [-0.05, 0) is 49.6 Å². The van der Waals surface area contributed by atoms with Crippen LogP contribution < -0.4 is 4.74 Å². The molecule has 1 fully saturated rings. The number of benzene rings is 2. The van der Waals surface area contributed by atoms with Gasteiger partial charge >= 0.3 is 6.18 Å². The Balaban J connectivity index is 1.44. The van der Waals surface area contributed by atoms with E-state index in [9.17, 15) is 21.6 Å². The van der Waals surface area contributed by atoms with Crippen molar-refractivity contribution < 1.29 is 26.3 Å². The van der Waals surface area contributed by atoms with Crippen molar-refractivity contribution in [3.63, 3.8) is 0 Å². The van der Waals surface area contributed by atoms with Gasteiger partial charge in [0, 0.05) is 13.1 Å². The third kappa shape index (κ3) is 4.17. The van der Waals surface area contributed by atoms with Crippen molar-refractivity contribution in [2.75, 3.05) is 13.1 Å². The van der Waals surface area contributed by atoms with E-state index in [-0.39, 0.29) is 24.1 Å². The lowest BCUT2D eigenvalue weighted by molar-refractivity contribution is -0.137. The standard InChI is InChI=1S/C20H19F3N2O3S2/c1-13-4-2-7-17-18(13)24-19(29-17)28-15-8-10-25(11-9-15)30(26,27)16-6-3-5-14(12-16)20(21,22)23/h2-7,12,15H,8-11H2,1H3. The molecule has 1 aliphatic rings. The van der Waals surface area contributed by atoms with Crippen LogP contribution in [-0.4, -0.2) is 36.9 Å². The third-order valence-corrected chi connectivity index (χ3v) is 7.87. The summed E-state index contributed by atoms with van der Waals surface area (Å²) in [7, 11) is -4.00. The highest BCUT2D eigenvalue weighted by Crippen LogP contribution is 2.33. The Morgan fingerprint density at radius 2 is 1.83 bits per heavy atom. The molecular weight excluding hydrogens is 437 g/mol. The van der Waals surface area contributed by atoms with Gasteiger partial charge in [-0.2, -0.15) is 17.5 Å². The Kier molecular flexibility index (Phi) is 5.50. The highest BCUT2D eigenvalue weighted by molar-refractivity contribution is 7.89. The first-order valence-corrected chi connectivity index (χ1v) is 11.6. The van der Waals surface area contributed by atoms with E-state index in [0.29, 0.717) is 24.1 Å². The molecule has 0 unspecified atom stereocenters. The van der Waals surface area contributed by atoms with Crippen LogP contribution in [0.3, 0.4) is 0 Å². The number of thiazole rings is 1. The third-order valence-electron chi connectivity index (χ3n) is 5.07. The summed E-state index contributed by atoms with van der Waals surface area (Å²) in [5.74, 6) is 0. The van der Waals surface area contributed by atoms with Crippen LogP contribution in [0.25, 0.3) is 10.2 Å². The Hall–Kier alpha value is -2.17. The van der Waals surface area contributed by atoms with Gasteiger partial charge in [-0.15, -0.1) is 0 Å². The number of aryl methyl sites for hydroxylation is 1. The van der Waals surface area contributed by atoms with Crippen LogP contribution in [0.15, 0.2) is 47.4 Å². The quantitative estimate of drug-likeness (QED) is 0.563. The summed E-state index contributed by atoms with van der Waals surface area (Å²) in [6.45, 7) is 2.32. The molecule has 1 aliphatic heterocycles. The Bertz CT molecular complexity index is 1170. The molecule has 30 heavy (non-hydrogen) atoms. The molecule has 2 aromatic carbocycles. The Morgan fingerprint density at radius 1 is 1.13 bits per heavy atom. The number of hydrogen-bond donors (Lipinski definition) is 0. The molecule has 0 radical (unpaired) electrons. The van der Waals surface area contributed by atoms with Gasteiger partial charge in [0.1, 0.15) is 6.10 Å². The molecule has 0 amide bonds. The van der Waals surface area contributed by atoms with E-state index in [1.54, 1.807) is 0 Å². The smallest absolute Gasteiger partial charge is 0.416 e. The summed E-state index contributed by atoms with van der Waals surface area (Å²) in [5.41, 5.74) is 0.968. The number of halogens is 3. The summed E-state index contributed by atoms with van der Waals surface area (Å²) in [6.07, 6.45) is -3.92. The normalized spacial score (nSPS) is 16.8. The van der Waals surface area contributed by atoms with E-state index in [2.05, 4.69) is 4.98 Å². The van der Waals surface area contributed by atoms with Crippen LogP contribution in [0.5, 0.6) is 5.19 Å². The van der Waals surface area contributed by atoms with E-state index in [1.807, 2.05) is 25.1 Å². The van der Waals surface area contributed by atoms with Crippen LogP contribution in [0.2, 0.25) is 0 Å². The molecule has 1 saturated heterocycles. The summed E-state index contributed by atoms with van der Waals surface area (Å²) in [6, 6.07) is 9.74. The largest absolute Gasteiger partial charge is 0.467 e. The van der Waals surface area contributed by atoms with Gasteiger partial charge in [0.25, 0.3) is 5.19 Å². The van der Waals surface area contributed by atoms with Crippen LogP contribution >= 0.6 is 11.3 Å². The lowest BCUT2D eigenvalue weighted by atomic mass is 10.1. The van der Waals surface area contributed by atoms with Gasteiger partial charge in [-0.1, -0.05) is 29.5 Å². The lowest BCUT2D eigenvalue weighted by Gasteiger charge is -2.30. The molecule has 0 saturated carbocycles. The number of hydrogen-bond acceptors (Lipinski definition) is 5. The predicted molar refractivity (Wildman–Crippen MR) is 108 cm³/mol. The zero-order chi connectivity index (χ0) is 21.5. The van der Waals surface area contributed by atoms with E-state index >= 15 is 0 Å². The molecule has 3 aromatic rings. The summed E-state index contributed by atoms with van der Waals surface area (Å²) < 4.78 is 72.6. The van der Waals surface area contributed by atoms with Crippen molar-refractivity contribution in [2.24, 2.45) is 0 Å². The fraction of sp³-hybridized carbons (Fsp3) is 0.350. The van der Waals surface area contributed by atoms with Gasteiger partial charge in [0.15, 0.2) is 0 Å². The van der Waals surface area contributed by atoms with Crippen LogP contribution in [0.4, 0.5) is 13.2 Å². The minimum Gasteiger partial charge on any atom is -0.467 e. The highest BCUT2D eigenvalue weighted by atomic mass is 32.2. The van der Waals surface area contributed by atoms with Gasteiger partial charge in [-0.25, -0.2) is 13.4 Å². The predicted octanol–water partition coefficient (Wildman–Crippen LogP) is 4.86. The van der Waals surface area contributed by atoms with Crippen LogP contribution in [0, 0.1) is 6.92 Å². The topological polar surface area (TPSA) is 59.5 Å². The SMILES string of the molecule is Cc1cccc2sc(OC3CCN(S(=O)(=O)c4cccc(C(F)(F)F)c4)CC3)nc12. The number of nitrogens with zero attached hydrogens (tertiary/aromatic N) is 2. The number of fused-ring (bicyclic) bond motifs is 1. The first-order valence-electron chi connectivity index (χ1n) is 9.35. The van der Waals surface area contributed by atoms with Crippen molar-refractivity contribution in [1.29, 1.82) is 0 Å². The Morgan fingerprint density at radius 3 is 2.50 bits per heavy atom. The maximum Gasteiger partial charge on any atom is 0.416 e. The van der Waals surface area contributed by atoms with Crippen LogP contribution in [-0.2, 0) is 16.2 Å². The highest BCUT2D eigenvalue weighted by Gasteiger charge is 2.34. The van der Waals surface area contributed by atoms with Crippen molar-refractivity contribution in [3.8, 4) is 5.19 Å². The second kappa shape index (κ2) is 7.82. The molecule has 10 heteroatoms. The molecule has 0 spiro atoms. The van der Waals surface area contributed by atoms with Crippen molar-refractivity contribution in [1.82, 2.24) is 9.29 Å². The number of piperidine rings is 1. The molecule has 5 nitrogen and oxygen atoms in total. The first kappa shape index (κ1) is 21.1. The zero-order valence-corrected chi connectivity index (χ0v) is 17.6. The van der Waals surface area contributed by atoms with E-state index < -0.39 is 21.8 Å². The van der Waals surface area contributed by atoms with Gasteiger partial charge in [0.05, 0.1) is 20.7 Å². The molecular formula is C20H19F3N2O3S2. The van der Waals surface area contributed by atoms with E-state index in [0.717, 1.165) is 27.9 Å². The summed E-state index contributed by atoms with van der Waals surface area (Å²) in [4.78, 5) is 4.16. The number of rotatable bonds is 4. The Labute approximate surface area is 176 Å². The molecule has 0 atom stereocenters. The van der Waals surface area contributed by atoms with Gasteiger partial charge in [0.2, 0.25) is 10.0 Å². The zero-order valence-electron chi connectivity index (χ0n) is 16.0. The van der Waals surface area contributed by atoms with Crippen LogP contribution in [0.1, 0.15) is 24.0 Å². The van der Waals surface area contributed by atoms with Gasteiger partial charge < -0.3 is 4.74 Å². The number of aromatic nitrogens is 1. The summed E-state index contributed by atoms with van der Waals surface area (Å²) in [5, 5.41) is 0.540. The minimum atomic E-state index is -4.60. The molecule has 1 aromatic heterocycles. The van der Waals surface area contributed by atoms with Crippen molar-refractivity contribution in [3.05, 3.63) is 53.6 Å². The minimum absolute atomic E-state index is 0.174. The second-order valence-electron chi connectivity index (χ2n) is 7.15. The number of sulfonamides is 1. The van der Waals surface area contributed by atoms with Gasteiger partial charge in [-0.3, -0.25) is 0 Å². The number of alkyl halides is 3. The second-order valence-corrected chi connectivity index (χ2v) is 10.1. The fourth-order valence-electron chi connectivity index (χ4n) is 3.43. The monoisotopic (exact) mass is 456 g/mol. The maximum absolute atomic E-state index is 12.9. The first-order chi connectivity index (χ1) is 14.1. The molecule has 4 rings (SSSR count). The molecule has 0 bridgehead atoms. The number of para-hydroxylation sites is 1. The average Bonchev–Trinajstić information content (AvgIpc) is 3.12. The summed E-state index contributed by atoms with van der Waals surface area (Å²) >= 11 is 1.44. The van der Waals surface area contributed by atoms with Crippen molar-refractivity contribution >= 4 is 31.6 Å². The lowest BCUT2D eigenvalue weighted by Crippen LogP contribution is -2.41. The maximum atomic E-state index is 12.9. The van der Waals surface area contributed by atoms with Crippen molar-refractivity contribution in [2.45, 2.75) is 36.9 Å². The molecule has 160 valence electrons. The average molecular weight is 457 g/mol. The fourth-order valence-corrected chi connectivity index (χ4v) is 5.91. The van der Waals surface area contributed by atoms with E-state index in [1.165, 1.54) is 21.7 Å².